The first-order valence-corrected chi connectivity index (χ1v) is 5.18. The molecule has 2 aliphatic heterocycles. The first-order valence-electron chi connectivity index (χ1n) is 5.18. The molecule has 2 heterocycles. The summed E-state index contributed by atoms with van der Waals surface area (Å²) in [5.41, 5.74) is 0. The third kappa shape index (κ3) is 2.08. The second-order valence-corrected chi connectivity index (χ2v) is 4.03. The van der Waals surface area contributed by atoms with Crippen LogP contribution in [0, 0.1) is 0 Å². The molecule has 1 saturated heterocycles. The molecule has 0 spiro atoms. The Morgan fingerprint density at radius 2 is 2.07 bits per heavy atom. The van der Waals surface area contributed by atoms with Gasteiger partial charge in [-0.25, -0.2) is 0 Å². The van der Waals surface area contributed by atoms with Crippen molar-refractivity contribution in [3.63, 3.8) is 0 Å². The Bertz CT molecular complexity index is 204. The summed E-state index contributed by atoms with van der Waals surface area (Å²) in [5, 5.41) is 10.0. The van der Waals surface area contributed by atoms with Crippen molar-refractivity contribution in [1.82, 2.24) is 9.80 Å². The Kier molecular flexibility index (Phi) is 3.05. The summed E-state index contributed by atoms with van der Waals surface area (Å²) in [6.45, 7) is 3.91. The summed E-state index contributed by atoms with van der Waals surface area (Å²) in [7, 11) is 2.11. The highest BCUT2D eigenvalue weighted by Crippen LogP contribution is 2.16. The monoisotopic (exact) mass is 198 g/mol. The van der Waals surface area contributed by atoms with Crippen molar-refractivity contribution in [2.75, 3.05) is 33.2 Å². The van der Waals surface area contributed by atoms with Crippen molar-refractivity contribution in [2.24, 2.45) is 0 Å². The van der Waals surface area contributed by atoms with Crippen LogP contribution in [0.2, 0.25) is 0 Å². The average Bonchev–Trinajstić information content (AvgIpc) is 2.71. The molecule has 0 aromatic rings. The van der Waals surface area contributed by atoms with Gasteiger partial charge in [-0.15, -0.1) is 0 Å². The van der Waals surface area contributed by atoms with Gasteiger partial charge in [-0.05, 0) is 13.1 Å². The minimum atomic E-state index is -0.446. The number of ether oxygens (including phenoxy) is 1. The van der Waals surface area contributed by atoms with Crippen LogP contribution in [0.4, 0.5) is 0 Å². The van der Waals surface area contributed by atoms with Crippen LogP contribution in [-0.2, 0) is 4.74 Å². The molecule has 4 nitrogen and oxygen atoms in total. The molecule has 4 heteroatoms. The third-order valence-electron chi connectivity index (χ3n) is 2.96. The van der Waals surface area contributed by atoms with E-state index in [0.29, 0.717) is 0 Å². The SMILES string of the molecule is CN1CCN(C(O)C2CC=CO2)CC1. The number of hydrogen-bond donors (Lipinski definition) is 1. The van der Waals surface area contributed by atoms with Crippen LogP contribution >= 0.6 is 0 Å². The molecule has 0 aromatic carbocycles. The summed E-state index contributed by atoms with van der Waals surface area (Å²) < 4.78 is 5.31. The van der Waals surface area contributed by atoms with Crippen molar-refractivity contribution in [2.45, 2.75) is 18.8 Å². The fraction of sp³-hybridized carbons (Fsp3) is 0.800. The van der Waals surface area contributed by atoms with Crippen LogP contribution in [0.15, 0.2) is 12.3 Å². The molecule has 2 atom stereocenters. The Balaban J connectivity index is 1.82. The van der Waals surface area contributed by atoms with Crippen molar-refractivity contribution < 1.29 is 9.84 Å². The molecule has 14 heavy (non-hydrogen) atoms. The van der Waals surface area contributed by atoms with E-state index in [2.05, 4.69) is 16.8 Å². The standard InChI is InChI=1S/C10H18N2O2/c1-11-4-6-12(7-5-11)10(13)9-3-2-8-14-9/h2,8-10,13H,3-7H2,1H3. The van der Waals surface area contributed by atoms with Gasteiger partial charge in [0.2, 0.25) is 0 Å². The number of piperazine rings is 1. The zero-order valence-electron chi connectivity index (χ0n) is 8.59. The molecule has 0 aliphatic carbocycles. The lowest BCUT2D eigenvalue weighted by Crippen LogP contribution is -2.52. The van der Waals surface area contributed by atoms with Gasteiger partial charge >= 0.3 is 0 Å². The molecule has 0 saturated carbocycles. The average molecular weight is 198 g/mol. The van der Waals surface area contributed by atoms with Crippen LogP contribution < -0.4 is 0 Å². The molecule has 0 aromatic heterocycles. The topological polar surface area (TPSA) is 35.9 Å². The zero-order chi connectivity index (χ0) is 9.97. The highest BCUT2D eigenvalue weighted by molar-refractivity contribution is 4.90. The molecule has 1 fully saturated rings. The Morgan fingerprint density at radius 3 is 2.64 bits per heavy atom. The van der Waals surface area contributed by atoms with Crippen LogP contribution in [0.1, 0.15) is 6.42 Å². The highest BCUT2D eigenvalue weighted by atomic mass is 16.5. The van der Waals surface area contributed by atoms with E-state index in [9.17, 15) is 5.11 Å². The fourth-order valence-electron chi connectivity index (χ4n) is 1.92. The predicted molar refractivity (Wildman–Crippen MR) is 53.7 cm³/mol. The number of aliphatic hydroxyl groups is 1. The molecule has 2 unspecified atom stereocenters. The molecule has 2 aliphatic rings. The van der Waals surface area contributed by atoms with Crippen molar-refractivity contribution in [1.29, 1.82) is 0 Å². The normalized spacial score (nSPS) is 31.7. The van der Waals surface area contributed by atoms with Gasteiger partial charge in [0.1, 0.15) is 12.3 Å². The minimum absolute atomic E-state index is 0.0570. The fourth-order valence-corrected chi connectivity index (χ4v) is 1.92. The second kappa shape index (κ2) is 4.29. The van der Waals surface area contributed by atoms with Gasteiger partial charge in [-0.1, -0.05) is 0 Å². The van der Waals surface area contributed by atoms with E-state index in [0.717, 1.165) is 32.6 Å². The number of rotatable bonds is 2. The summed E-state index contributed by atoms with van der Waals surface area (Å²) in [6, 6.07) is 0. The summed E-state index contributed by atoms with van der Waals surface area (Å²) >= 11 is 0. The van der Waals surface area contributed by atoms with E-state index in [-0.39, 0.29) is 6.10 Å². The third-order valence-corrected chi connectivity index (χ3v) is 2.96. The lowest BCUT2D eigenvalue weighted by molar-refractivity contribution is -0.0914. The van der Waals surface area contributed by atoms with Crippen LogP contribution in [-0.4, -0.2) is 60.5 Å². The molecule has 0 amide bonds. The smallest absolute Gasteiger partial charge is 0.145 e. The maximum absolute atomic E-state index is 10.0. The minimum Gasteiger partial charge on any atom is -0.494 e. The van der Waals surface area contributed by atoms with E-state index in [1.165, 1.54) is 0 Å². The summed E-state index contributed by atoms with van der Waals surface area (Å²) in [6.07, 6.45) is 3.97. The predicted octanol–water partition coefficient (Wildman–Crippen LogP) is -0.145. The molecule has 0 bridgehead atoms. The quantitative estimate of drug-likeness (QED) is 0.669. The molecule has 2 rings (SSSR count). The Hall–Kier alpha value is -0.580. The van der Waals surface area contributed by atoms with E-state index >= 15 is 0 Å². The highest BCUT2D eigenvalue weighted by Gasteiger charge is 2.29. The molecule has 80 valence electrons. The molecule has 1 N–H and O–H groups in total. The van der Waals surface area contributed by atoms with E-state index < -0.39 is 6.23 Å². The maximum Gasteiger partial charge on any atom is 0.145 e. The van der Waals surface area contributed by atoms with E-state index in [1.807, 2.05) is 6.08 Å². The second-order valence-electron chi connectivity index (χ2n) is 4.03. The van der Waals surface area contributed by atoms with Gasteiger partial charge < -0.3 is 14.7 Å². The van der Waals surface area contributed by atoms with Crippen molar-refractivity contribution >= 4 is 0 Å². The van der Waals surface area contributed by atoms with Gasteiger partial charge in [-0.3, -0.25) is 4.90 Å². The van der Waals surface area contributed by atoms with Crippen LogP contribution in [0.25, 0.3) is 0 Å². The van der Waals surface area contributed by atoms with E-state index in [1.54, 1.807) is 6.26 Å². The van der Waals surface area contributed by atoms with Gasteiger partial charge in [-0.2, -0.15) is 0 Å². The Morgan fingerprint density at radius 1 is 1.36 bits per heavy atom. The summed E-state index contributed by atoms with van der Waals surface area (Å²) in [5.74, 6) is 0. The zero-order valence-corrected chi connectivity index (χ0v) is 8.59. The van der Waals surface area contributed by atoms with Crippen LogP contribution in [0.5, 0.6) is 0 Å². The summed E-state index contributed by atoms with van der Waals surface area (Å²) in [4.78, 5) is 4.37. The van der Waals surface area contributed by atoms with Gasteiger partial charge in [0.05, 0.1) is 6.26 Å². The molecular formula is C10H18N2O2. The molecule has 0 radical (unpaired) electrons. The number of nitrogens with zero attached hydrogens (tertiary/aromatic N) is 2. The Labute approximate surface area is 84.7 Å². The lowest BCUT2D eigenvalue weighted by atomic mass is 10.2. The van der Waals surface area contributed by atoms with E-state index in [4.69, 9.17) is 4.74 Å². The van der Waals surface area contributed by atoms with Crippen LogP contribution in [0.3, 0.4) is 0 Å². The van der Waals surface area contributed by atoms with Gasteiger partial charge in [0.25, 0.3) is 0 Å². The number of likely N-dealkylation sites (N-methyl/N-ethyl adjacent to an activating group) is 1. The first kappa shape index (κ1) is 9.96. The maximum atomic E-state index is 10.0. The lowest BCUT2D eigenvalue weighted by Gasteiger charge is -2.37. The first-order chi connectivity index (χ1) is 6.77. The largest absolute Gasteiger partial charge is 0.494 e. The van der Waals surface area contributed by atoms with Crippen molar-refractivity contribution in [3.8, 4) is 0 Å². The number of hydrogen-bond acceptors (Lipinski definition) is 4. The molecular weight excluding hydrogens is 180 g/mol. The van der Waals surface area contributed by atoms with Gasteiger partial charge in [0, 0.05) is 32.6 Å². The van der Waals surface area contributed by atoms with Gasteiger partial charge in [0.15, 0.2) is 0 Å². The van der Waals surface area contributed by atoms with Crippen molar-refractivity contribution in [3.05, 3.63) is 12.3 Å². The number of aliphatic hydroxyl groups excluding tert-OH is 1.